The first-order chi connectivity index (χ1) is 11.7. The number of hydrogen-bond acceptors (Lipinski definition) is 7. The van der Waals surface area contributed by atoms with Crippen LogP contribution in [0.5, 0.6) is 11.5 Å². The Morgan fingerprint density at radius 2 is 1.92 bits per heavy atom. The van der Waals surface area contributed by atoms with Crippen LogP contribution in [0.25, 0.3) is 21.5 Å². The van der Waals surface area contributed by atoms with E-state index in [-0.39, 0.29) is 0 Å². The van der Waals surface area contributed by atoms with Crippen molar-refractivity contribution in [2.24, 2.45) is 0 Å². The summed E-state index contributed by atoms with van der Waals surface area (Å²) in [4.78, 5) is 4.67. The van der Waals surface area contributed by atoms with Crippen LogP contribution < -0.4 is 9.47 Å². The van der Waals surface area contributed by atoms with E-state index in [1.807, 2.05) is 25.1 Å². The van der Waals surface area contributed by atoms with E-state index in [1.165, 1.54) is 0 Å². The van der Waals surface area contributed by atoms with Gasteiger partial charge in [0.05, 0.1) is 23.9 Å². The Labute approximate surface area is 149 Å². The van der Waals surface area contributed by atoms with Crippen molar-refractivity contribution in [2.45, 2.75) is 25.3 Å². The Balaban J connectivity index is 2.13. The van der Waals surface area contributed by atoms with E-state index in [0.717, 1.165) is 43.7 Å². The molecule has 1 aromatic carbocycles. The van der Waals surface area contributed by atoms with Crippen LogP contribution in [0.4, 0.5) is 0 Å². The topological polar surface area (TPSA) is 57.1 Å². The van der Waals surface area contributed by atoms with Crippen molar-refractivity contribution in [2.75, 3.05) is 20.0 Å². The van der Waals surface area contributed by atoms with Gasteiger partial charge in [0.2, 0.25) is 0 Å². The lowest BCUT2D eigenvalue weighted by atomic mass is 10.1. The molecule has 7 heteroatoms. The maximum atomic E-state index is 5.40. The molecular formula is C17H19N3O2S2. The summed E-state index contributed by atoms with van der Waals surface area (Å²) in [5, 5.41) is 10.8. The summed E-state index contributed by atoms with van der Waals surface area (Å²) >= 11 is 3.35. The number of thioether (sulfide) groups is 1. The molecule has 0 unspecified atom stereocenters. The third-order valence-electron chi connectivity index (χ3n) is 3.49. The lowest BCUT2D eigenvalue weighted by Crippen LogP contribution is -1.95. The van der Waals surface area contributed by atoms with Gasteiger partial charge < -0.3 is 9.47 Å². The number of aryl methyl sites for hydroxylation is 1. The smallest absolute Gasteiger partial charge is 0.161 e. The summed E-state index contributed by atoms with van der Waals surface area (Å²) < 4.78 is 11.8. The molecule has 2 heterocycles. The number of ether oxygens (including phenoxy) is 2. The van der Waals surface area contributed by atoms with Gasteiger partial charge in [0, 0.05) is 5.56 Å². The third-order valence-corrected chi connectivity index (χ3v) is 5.63. The van der Waals surface area contributed by atoms with Crippen LogP contribution in [0.2, 0.25) is 0 Å². The molecule has 0 aliphatic rings. The average Bonchev–Trinajstić information content (AvgIpc) is 3.00. The highest BCUT2D eigenvalue weighted by molar-refractivity contribution is 7.99. The lowest BCUT2D eigenvalue weighted by molar-refractivity contribution is 0.355. The maximum Gasteiger partial charge on any atom is 0.161 e. The largest absolute Gasteiger partial charge is 0.493 e. The summed E-state index contributed by atoms with van der Waals surface area (Å²) in [7, 11) is 3.26. The summed E-state index contributed by atoms with van der Waals surface area (Å²) in [6.45, 7) is 4.17. The van der Waals surface area contributed by atoms with Crippen LogP contribution in [-0.2, 0) is 0 Å². The van der Waals surface area contributed by atoms with Gasteiger partial charge in [0.15, 0.2) is 11.5 Å². The van der Waals surface area contributed by atoms with Crippen molar-refractivity contribution in [1.82, 2.24) is 15.2 Å². The van der Waals surface area contributed by atoms with Gasteiger partial charge in [-0.25, -0.2) is 4.98 Å². The first-order valence-electron chi connectivity index (χ1n) is 7.67. The van der Waals surface area contributed by atoms with Crippen molar-refractivity contribution >= 4 is 33.3 Å². The average molecular weight is 361 g/mol. The molecule has 0 amide bonds. The van der Waals surface area contributed by atoms with Gasteiger partial charge in [0.1, 0.15) is 16.2 Å². The molecule has 0 aliphatic heterocycles. The first-order valence-corrected chi connectivity index (χ1v) is 9.47. The number of nitrogens with zero attached hydrogens (tertiary/aromatic N) is 3. The highest BCUT2D eigenvalue weighted by Crippen LogP contribution is 2.38. The Morgan fingerprint density at radius 3 is 2.62 bits per heavy atom. The van der Waals surface area contributed by atoms with Gasteiger partial charge in [-0.3, -0.25) is 0 Å². The van der Waals surface area contributed by atoms with Crippen LogP contribution in [0.1, 0.15) is 18.4 Å². The Kier molecular flexibility index (Phi) is 5.20. The molecule has 0 saturated heterocycles. The molecule has 3 aromatic rings. The van der Waals surface area contributed by atoms with Crippen molar-refractivity contribution in [3.8, 4) is 22.8 Å². The van der Waals surface area contributed by atoms with Gasteiger partial charge in [-0.05, 0) is 37.3 Å². The minimum atomic E-state index is 0.677. The van der Waals surface area contributed by atoms with Crippen LogP contribution >= 0.6 is 23.1 Å². The highest BCUT2D eigenvalue weighted by Gasteiger charge is 2.17. The van der Waals surface area contributed by atoms with Crippen LogP contribution in [0, 0.1) is 6.92 Å². The summed E-state index contributed by atoms with van der Waals surface area (Å²) in [6.07, 6.45) is 1.09. The number of hydrogen-bond donors (Lipinski definition) is 0. The SMILES string of the molecule is CCCSc1nnc(-c2ccc(OC)c(OC)c2)c2sc(C)nc12. The van der Waals surface area contributed by atoms with Gasteiger partial charge in [0.25, 0.3) is 0 Å². The van der Waals surface area contributed by atoms with E-state index < -0.39 is 0 Å². The molecular weight excluding hydrogens is 342 g/mol. The monoisotopic (exact) mass is 361 g/mol. The van der Waals surface area contributed by atoms with E-state index in [1.54, 1.807) is 37.3 Å². The second-order valence-electron chi connectivity index (χ2n) is 5.18. The van der Waals surface area contributed by atoms with Gasteiger partial charge >= 0.3 is 0 Å². The quantitative estimate of drug-likeness (QED) is 0.599. The number of rotatable bonds is 6. The third kappa shape index (κ3) is 3.18. The Bertz CT molecular complexity index is 864. The van der Waals surface area contributed by atoms with E-state index in [2.05, 4.69) is 22.1 Å². The number of methoxy groups -OCH3 is 2. The fraction of sp³-hybridized carbons (Fsp3) is 0.353. The standard InChI is InChI=1S/C17H19N3O2S2/c1-5-8-23-17-15-16(24-10(2)18-15)14(19-20-17)11-6-7-12(21-3)13(9-11)22-4/h6-7,9H,5,8H2,1-4H3. The predicted octanol–water partition coefficient (Wildman–Crippen LogP) is 4.58. The fourth-order valence-electron chi connectivity index (χ4n) is 2.39. The molecule has 0 atom stereocenters. The molecule has 3 rings (SSSR count). The zero-order valence-electron chi connectivity index (χ0n) is 14.1. The van der Waals surface area contributed by atoms with Crippen molar-refractivity contribution < 1.29 is 9.47 Å². The molecule has 0 bridgehead atoms. The molecule has 0 spiro atoms. The minimum absolute atomic E-state index is 0.677. The second-order valence-corrected chi connectivity index (χ2v) is 7.47. The summed E-state index contributed by atoms with van der Waals surface area (Å²) in [6, 6.07) is 5.78. The molecule has 0 saturated carbocycles. The van der Waals surface area contributed by atoms with E-state index >= 15 is 0 Å². The van der Waals surface area contributed by atoms with Crippen molar-refractivity contribution in [3.05, 3.63) is 23.2 Å². The molecule has 0 N–H and O–H groups in total. The first kappa shape index (κ1) is 17.0. The van der Waals surface area contributed by atoms with Crippen LogP contribution in [-0.4, -0.2) is 35.2 Å². The highest BCUT2D eigenvalue weighted by atomic mass is 32.2. The summed E-state index contributed by atoms with van der Waals surface area (Å²) in [5.74, 6) is 2.38. The molecule has 2 aromatic heterocycles. The lowest BCUT2D eigenvalue weighted by Gasteiger charge is -2.10. The van der Waals surface area contributed by atoms with Gasteiger partial charge in [-0.2, -0.15) is 0 Å². The molecule has 0 fully saturated rings. The molecule has 0 aliphatic carbocycles. The number of benzene rings is 1. The zero-order chi connectivity index (χ0) is 17.1. The minimum Gasteiger partial charge on any atom is -0.493 e. The molecule has 5 nitrogen and oxygen atoms in total. The van der Waals surface area contributed by atoms with Gasteiger partial charge in [-0.15, -0.1) is 33.3 Å². The van der Waals surface area contributed by atoms with Crippen LogP contribution in [0.3, 0.4) is 0 Å². The normalized spacial score (nSPS) is 11.0. The van der Waals surface area contributed by atoms with E-state index in [0.29, 0.717) is 11.5 Å². The van der Waals surface area contributed by atoms with Crippen LogP contribution in [0.15, 0.2) is 23.2 Å². The molecule has 24 heavy (non-hydrogen) atoms. The molecule has 126 valence electrons. The summed E-state index contributed by atoms with van der Waals surface area (Å²) in [5.41, 5.74) is 2.72. The number of fused-ring (bicyclic) bond motifs is 1. The Morgan fingerprint density at radius 1 is 1.12 bits per heavy atom. The van der Waals surface area contributed by atoms with Gasteiger partial charge in [-0.1, -0.05) is 6.92 Å². The van der Waals surface area contributed by atoms with E-state index in [9.17, 15) is 0 Å². The number of aromatic nitrogens is 3. The van der Waals surface area contributed by atoms with Crippen molar-refractivity contribution in [1.29, 1.82) is 0 Å². The zero-order valence-corrected chi connectivity index (χ0v) is 15.8. The Hall–Kier alpha value is -1.86. The fourth-order valence-corrected chi connectivity index (χ4v) is 4.16. The second kappa shape index (κ2) is 7.36. The maximum absolute atomic E-state index is 5.40. The van der Waals surface area contributed by atoms with E-state index in [4.69, 9.17) is 9.47 Å². The van der Waals surface area contributed by atoms with Crippen molar-refractivity contribution in [3.63, 3.8) is 0 Å². The predicted molar refractivity (Wildman–Crippen MR) is 99.5 cm³/mol. The number of thiazole rings is 1. The molecule has 0 radical (unpaired) electrons.